The Morgan fingerprint density at radius 1 is 1.12 bits per heavy atom. The van der Waals surface area contributed by atoms with Crippen molar-refractivity contribution in [3.63, 3.8) is 0 Å². The van der Waals surface area contributed by atoms with Crippen LogP contribution in [0.4, 0.5) is 5.82 Å². The maximum atomic E-state index is 13.1. The van der Waals surface area contributed by atoms with Gasteiger partial charge in [-0.3, -0.25) is 15.0 Å². The summed E-state index contributed by atoms with van der Waals surface area (Å²) >= 11 is 0. The van der Waals surface area contributed by atoms with Crippen LogP contribution < -0.4 is 5.43 Å². The molecule has 2 unspecified atom stereocenters. The number of nitriles is 1. The van der Waals surface area contributed by atoms with Crippen molar-refractivity contribution in [2.45, 2.75) is 52.6 Å². The Kier molecular flexibility index (Phi) is 6.78. The van der Waals surface area contributed by atoms with Crippen molar-refractivity contribution in [3.05, 3.63) is 36.2 Å². The molecule has 3 rings (SSSR count). The molecule has 2 amide bonds. The van der Waals surface area contributed by atoms with Crippen LogP contribution in [0.15, 0.2) is 35.7 Å². The van der Waals surface area contributed by atoms with Crippen LogP contribution in [0.1, 0.15) is 46.1 Å². The van der Waals surface area contributed by atoms with Crippen molar-refractivity contribution < 1.29 is 18.0 Å². The predicted octanol–water partition coefficient (Wildman–Crippen LogP) is 1.42. The topological polar surface area (TPSA) is 154 Å². The van der Waals surface area contributed by atoms with E-state index in [1.165, 1.54) is 17.1 Å². The third kappa shape index (κ3) is 4.17. The van der Waals surface area contributed by atoms with Crippen molar-refractivity contribution in [3.8, 4) is 11.9 Å². The second-order valence-corrected chi connectivity index (χ2v) is 9.10. The van der Waals surface area contributed by atoms with Crippen LogP contribution in [0.5, 0.6) is 0 Å². The Balaban J connectivity index is 2.10. The SMILES string of the molecule is CCC(C)N1C(=O)C(=NNc2c(C#N)cnn2-c2ccccn2)C(=O)N(C(C)CC)S1(=O)=O. The van der Waals surface area contributed by atoms with E-state index >= 15 is 0 Å². The summed E-state index contributed by atoms with van der Waals surface area (Å²) in [5.74, 6) is -1.64. The molecule has 2 aromatic rings. The van der Waals surface area contributed by atoms with E-state index < -0.39 is 39.8 Å². The van der Waals surface area contributed by atoms with Crippen LogP contribution in [0.25, 0.3) is 5.82 Å². The highest BCUT2D eigenvalue weighted by molar-refractivity contribution is 7.88. The van der Waals surface area contributed by atoms with Gasteiger partial charge in [-0.05, 0) is 38.8 Å². The Labute approximate surface area is 191 Å². The lowest BCUT2D eigenvalue weighted by Gasteiger charge is -2.39. The average Bonchev–Trinajstić information content (AvgIpc) is 3.21. The van der Waals surface area contributed by atoms with Crippen molar-refractivity contribution in [2.75, 3.05) is 5.43 Å². The zero-order valence-electron chi connectivity index (χ0n) is 18.6. The van der Waals surface area contributed by atoms with E-state index in [0.29, 0.717) is 27.3 Å². The van der Waals surface area contributed by atoms with Crippen LogP contribution >= 0.6 is 0 Å². The zero-order chi connectivity index (χ0) is 24.3. The number of hydrogen-bond acceptors (Lipinski definition) is 9. The quantitative estimate of drug-likeness (QED) is 0.594. The molecule has 3 heterocycles. The third-order valence-corrected chi connectivity index (χ3v) is 7.36. The second kappa shape index (κ2) is 9.37. The Hall–Kier alpha value is -3.79. The molecule has 0 saturated carbocycles. The van der Waals surface area contributed by atoms with Gasteiger partial charge in [0.25, 0.3) is 11.8 Å². The largest absolute Gasteiger partial charge is 0.331 e. The summed E-state index contributed by atoms with van der Waals surface area (Å²) < 4.78 is 28.9. The maximum absolute atomic E-state index is 13.1. The Morgan fingerprint density at radius 3 is 2.21 bits per heavy atom. The summed E-state index contributed by atoms with van der Waals surface area (Å²) in [6, 6.07) is 5.64. The maximum Gasteiger partial charge on any atom is 0.331 e. The number of amides is 2. The van der Waals surface area contributed by atoms with Gasteiger partial charge in [-0.15, -0.1) is 0 Å². The van der Waals surface area contributed by atoms with Crippen LogP contribution in [-0.2, 0) is 19.8 Å². The number of hydrogen-bond donors (Lipinski definition) is 1. The van der Waals surface area contributed by atoms with Gasteiger partial charge in [0.2, 0.25) is 5.71 Å². The lowest BCUT2D eigenvalue weighted by Crippen LogP contribution is -2.64. The second-order valence-electron chi connectivity index (χ2n) is 7.41. The van der Waals surface area contributed by atoms with Gasteiger partial charge in [-0.25, -0.2) is 13.6 Å². The van der Waals surface area contributed by atoms with Crippen molar-refractivity contribution >= 4 is 33.6 Å². The number of rotatable bonds is 7. The fourth-order valence-electron chi connectivity index (χ4n) is 3.19. The number of nitrogens with one attached hydrogen (secondary N) is 1. The molecular weight excluding hydrogens is 448 g/mol. The minimum Gasteiger partial charge on any atom is -0.266 e. The highest BCUT2D eigenvalue weighted by atomic mass is 32.2. The first-order valence-corrected chi connectivity index (χ1v) is 11.7. The average molecular weight is 473 g/mol. The highest BCUT2D eigenvalue weighted by Gasteiger charge is 2.51. The van der Waals surface area contributed by atoms with Crippen molar-refractivity contribution in [2.24, 2.45) is 5.10 Å². The smallest absolute Gasteiger partial charge is 0.266 e. The molecule has 174 valence electrons. The summed E-state index contributed by atoms with van der Waals surface area (Å²) in [5.41, 5.74) is 2.04. The Morgan fingerprint density at radius 2 is 1.73 bits per heavy atom. The zero-order valence-corrected chi connectivity index (χ0v) is 19.4. The van der Waals surface area contributed by atoms with E-state index in [4.69, 9.17) is 0 Å². The predicted molar refractivity (Wildman–Crippen MR) is 119 cm³/mol. The minimum atomic E-state index is -4.38. The molecule has 1 fully saturated rings. The van der Waals surface area contributed by atoms with Gasteiger partial charge in [0.15, 0.2) is 11.6 Å². The minimum absolute atomic E-state index is 0.0721. The molecule has 1 N–H and O–H groups in total. The number of pyridine rings is 1. The molecule has 1 aliphatic rings. The van der Waals surface area contributed by atoms with E-state index in [0.717, 1.165) is 0 Å². The molecule has 13 heteroatoms. The van der Waals surface area contributed by atoms with Gasteiger partial charge in [-0.2, -0.15) is 28.6 Å². The molecule has 1 saturated heterocycles. The van der Waals surface area contributed by atoms with E-state index in [2.05, 4.69) is 20.6 Å². The molecule has 2 aromatic heterocycles. The van der Waals surface area contributed by atoms with Gasteiger partial charge in [-0.1, -0.05) is 19.9 Å². The number of carbonyl (C=O) groups excluding carboxylic acids is 2. The molecule has 0 aliphatic carbocycles. The van der Waals surface area contributed by atoms with Gasteiger partial charge >= 0.3 is 10.2 Å². The van der Waals surface area contributed by atoms with Gasteiger partial charge in [0.1, 0.15) is 11.6 Å². The normalized spacial score (nSPS) is 17.5. The summed E-state index contributed by atoms with van der Waals surface area (Å²) in [7, 11) is -4.38. The summed E-state index contributed by atoms with van der Waals surface area (Å²) in [4.78, 5) is 30.4. The molecule has 0 bridgehead atoms. The van der Waals surface area contributed by atoms with Crippen LogP contribution in [0.3, 0.4) is 0 Å². The molecule has 2 atom stereocenters. The number of anilines is 1. The monoisotopic (exact) mass is 472 g/mol. The number of aromatic nitrogens is 3. The number of carbonyl (C=O) groups is 2. The molecule has 12 nitrogen and oxygen atoms in total. The first-order chi connectivity index (χ1) is 15.7. The van der Waals surface area contributed by atoms with E-state index in [1.54, 1.807) is 45.9 Å². The fourth-order valence-corrected chi connectivity index (χ4v) is 5.18. The third-order valence-electron chi connectivity index (χ3n) is 5.31. The first-order valence-electron chi connectivity index (χ1n) is 10.3. The van der Waals surface area contributed by atoms with Crippen LogP contribution in [0.2, 0.25) is 0 Å². The van der Waals surface area contributed by atoms with Crippen LogP contribution in [-0.4, -0.2) is 61.4 Å². The molecule has 1 aliphatic heterocycles. The van der Waals surface area contributed by atoms with E-state index in [1.807, 2.05) is 6.07 Å². The van der Waals surface area contributed by atoms with E-state index in [9.17, 15) is 23.3 Å². The molecule has 33 heavy (non-hydrogen) atoms. The molecule has 0 aromatic carbocycles. The van der Waals surface area contributed by atoms with Crippen molar-refractivity contribution in [1.29, 1.82) is 5.26 Å². The van der Waals surface area contributed by atoms with E-state index in [-0.39, 0.29) is 11.4 Å². The summed E-state index contributed by atoms with van der Waals surface area (Å²) in [5, 5.41) is 17.5. The molecule has 0 radical (unpaired) electrons. The van der Waals surface area contributed by atoms with Gasteiger partial charge < -0.3 is 0 Å². The van der Waals surface area contributed by atoms with Gasteiger partial charge in [0.05, 0.1) is 6.20 Å². The van der Waals surface area contributed by atoms with Crippen LogP contribution in [0, 0.1) is 11.3 Å². The lowest BCUT2D eigenvalue weighted by atomic mass is 10.2. The number of hydrazone groups is 1. The summed E-state index contributed by atoms with van der Waals surface area (Å²) in [6.45, 7) is 6.62. The standard InChI is InChI=1S/C20H24N8O4S/c1-5-13(3)27-19(29)17(20(30)28(14(4)6-2)33(27,31)32)24-25-18-15(11-21)12-23-26(18)16-9-7-8-10-22-16/h7-10,12-14,25H,5-6H2,1-4H3. The summed E-state index contributed by atoms with van der Waals surface area (Å²) in [6.07, 6.45) is 3.51. The highest BCUT2D eigenvalue weighted by Crippen LogP contribution is 2.26. The van der Waals surface area contributed by atoms with Crippen molar-refractivity contribution in [1.82, 2.24) is 23.4 Å². The molecule has 0 spiro atoms. The number of nitrogens with zero attached hydrogens (tertiary/aromatic N) is 7. The first kappa shape index (κ1) is 23.9. The van der Waals surface area contributed by atoms with Gasteiger partial charge in [0, 0.05) is 18.3 Å². The Bertz CT molecular complexity index is 1190. The fraction of sp³-hybridized carbons (Fsp3) is 0.400. The molecular formula is C20H24N8O4S. The lowest BCUT2D eigenvalue weighted by molar-refractivity contribution is -0.128.